The van der Waals surface area contributed by atoms with Crippen molar-refractivity contribution in [1.82, 2.24) is 0 Å². The summed E-state index contributed by atoms with van der Waals surface area (Å²) in [4.78, 5) is 1.25. The van der Waals surface area contributed by atoms with Gasteiger partial charge in [-0.2, -0.15) is 0 Å². The van der Waals surface area contributed by atoms with Crippen LogP contribution in [0.2, 0.25) is 0 Å². The Kier molecular flexibility index (Phi) is 4.32. The number of ether oxygens (including phenoxy) is 1. The van der Waals surface area contributed by atoms with E-state index in [9.17, 15) is 0 Å². The Morgan fingerprint density at radius 2 is 2.05 bits per heavy atom. The van der Waals surface area contributed by atoms with Crippen LogP contribution in [0.5, 0.6) is 5.75 Å². The van der Waals surface area contributed by atoms with Gasteiger partial charge >= 0.3 is 0 Å². The molecule has 0 radical (unpaired) electrons. The summed E-state index contributed by atoms with van der Waals surface area (Å²) in [5.74, 6) is 0.956. The van der Waals surface area contributed by atoms with Crippen LogP contribution >= 0.6 is 11.3 Å². The molecule has 0 saturated carbocycles. The highest BCUT2D eigenvalue weighted by molar-refractivity contribution is 7.10. The molecular weight excluding hydrogens is 278 g/mol. The Labute approximate surface area is 130 Å². The second-order valence-electron chi connectivity index (χ2n) is 5.86. The zero-order valence-electron chi connectivity index (χ0n) is 12.8. The lowest BCUT2D eigenvalue weighted by Crippen LogP contribution is -2.31. The van der Waals surface area contributed by atoms with E-state index in [2.05, 4.69) is 43.5 Å². The second kappa shape index (κ2) is 6.20. The Bertz CT molecular complexity index is 619. The van der Waals surface area contributed by atoms with Crippen molar-refractivity contribution in [1.29, 1.82) is 0 Å². The summed E-state index contributed by atoms with van der Waals surface area (Å²) in [6.45, 7) is 4.25. The third kappa shape index (κ3) is 2.99. The molecule has 0 saturated heterocycles. The van der Waals surface area contributed by atoms with Crippen molar-refractivity contribution >= 4 is 11.3 Å². The van der Waals surface area contributed by atoms with Crippen molar-refractivity contribution in [2.24, 2.45) is 5.73 Å². The van der Waals surface area contributed by atoms with Gasteiger partial charge in [0.15, 0.2) is 0 Å². The first kappa shape index (κ1) is 14.6. The molecule has 0 amide bonds. The summed E-state index contributed by atoms with van der Waals surface area (Å²) in [7, 11) is 0. The zero-order valence-corrected chi connectivity index (χ0v) is 13.6. The Hall–Kier alpha value is -1.32. The molecule has 1 heterocycles. The van der Waals surface area contributed by atoms with Gasteiger partial charge in [-0.1, -0.05) is 13.0 Å². The molecule has 3 rings (SSSR count). The van der Waals surface area contributed by atoms with E-state index in [1.54, 1.807) is 11.3 Å². The molecule has 1 aliphatic carbocycles. The molecule has 2 unspecified atom stereocenters. The minimum atomic E-state index is -0.0468. The molecule has 2 aromatic rings. The Balaban J connectivity index is 1.86. The molecular formula is C18H23NOS. The molecule has 0 aliphatic heterocycles. The van der Waals surface area contributed by atoms with Crippen molar-refractivity contribution in [2.75, 3.05) is 0 Å². The molecule has 1 aromatic carbocycles. The van der Waals surface area contributed by atoms with E-state index in [1.165, 1.54) is 40.8 Å². The summed E-state index contributed by atoms with van der Waals surface area (Å²) in [6.07, 6.45) is 4.51. The van der Waals surface area contributed by atoms with E-state index in [-0.39, 0.29) is 12.1 Å². The lowest BCUT2D eigenvalue weighted by Gasteiger charge is -2.24. The lowest BCUT2D eigenvalue weighted by molar-refractivity contribution is 0.174. The summed E-state index contributed by atoms with van der Waals surface area (Å²) in [6, 6.07) is 8.69. The van der Waals surface area contributed by atoms with Crippen molar-refractivity contribution in [3.8, 4) is 5.75 Å². The van der Waals surface area contributed by atoms with E-state index < -0.39 is 0 Å². The average Bonchev–Trinajstić information content (AvgIpc) is 3.12. The normalized spacial score (nSPS) is 16.5. The van der Waals surface area contributed by atoms with Gasteiger partial charge in [0.25, 0.3) is 0 Å². The van der Waals surface area contributed by atoms with E-state index in [0.717, 1.165) is 12.2 Å². The van der Waals surface area contributed by atoms with Crippen LogP contribution in [-0.2, 0) is 12.8 Å². The number of rotatable bonds is 5. The van der Waals surface area contributed by atoms with Crippen molar-refractivity contribution in [3.63, 3.8) is 0 Å². The van der Waals surface area contributed by atoms with Crippen LogP contribution in [0.25, 0.3) is 0 Å². The van der Waals surface area contributed by atoms with Crippen LogP contribution in [0.15, 0.2) is 29.6 Å². The fourth-order valence-corrected chi connectivity index (χ4v) is 4.02. The summed E-state index contributed by atoms with van der Waals surface area (Å²) < 4.78 is 6.30. The predicted octanol–water partition coefficient (Wildman–Crippen LogP) is 4.40. The highest BCUT2D eigenvalue weighted by Gasteiger charge is 2.24. The van der Waals surface area contributed by atoms with Gasteiger partial charge in [0.1, 0.15) is 11.9 Å². The maximum atomic E-state index is 6.32. The van der Waals surface area contributed by atoms with Crippen molar-refractivity contribution < 1.29 is 4.74 Å². The number of aryl methyl sites for hydroxylation is 3. The predicted molar refractivity (Wildman–Crippen MR) is 89.2 cm³/mol. The zero-order chi connectivity index (χ0) is 14.8. The highest BCUT2D eigenvalue weighted by atomic mass is 32.1. The van der Waals surface area contributed by atoms with Crippen LogP contribution in [-0.4, -0.2) is 6.04 Å². The third-order valence-electron chi connectivity index (χ3n) is 4.35. The topological polar surface area (TPSA) is 35.2 Å². The molecule has 0 spiro atoms. The largest absolute Gasteiger partial charge is 0.483 e. The smallest absolute Gasteiger partial charge is 0.148 e. The lowest BCUT2D eigenvalue weighted by atomic mass is 10.0. The monoisotopic (exact) mass is 301 g/mol. The van der Waals surface area contributed by atoms with Crippen LogP contribution in [0, 0.1) is 6.92 Å². The minimum Gasteiger partial charge on any atom is -0.483 e. The van der Waals surface area contributed by atoms with E-state index in [0.29, 0.717) is 0 Å². The highest BCUT2D eigenvalue weighted by Crippen LogP contribution is 2.33. The molecule has 0 fully saturated rings. The molecule has 2 nitrogen and oxygen atoms in total. The van der Waals surface area contributed by atoms with Crippen LogP contribution in [0.1, 0.15) is 47.4 Å². The van der Waals surface area contributed by atoms with Gasteiger partial charge < -0.3 is 10.5 Å². The first-order chi connectivity index (χ1) is 10.2. The molecule has 2 N–H and O–H groups in total. The Morgan fingerprint density at radius 1 is 1.24 bits per heavy atom. The number of benzene rings is 1. The molecule has 3 heteroatoms. The average molecular weight is 301 g/mol. The number of nitrogens with two attached hydrogens (primary N) is 1. The quantitative estimate of drug-likeness (QED) is 0.888. The van der Waals surface area contributed by atoms with Gasteiger partial charge in [-0.15, -0.1) is 11.3 Å². The maximum absolute atomic E-state index is 6.32. The van der Waals surface area contributed by atoms with Gasteiger partial charge in [-0.25, -0.2) is 0 Å². The van der Waals surface area contributed by atoms with Gasteiger partial charge in [-0.3, -0.25) is 0 Å². The molecule has 0 bridgehead atoms. The van der Waals surface area contributed by atoms with E-state index in [4.69, 9.17) is 10.5 Å². The minimum absolute atomic E-state index is 0.0237. The van der Waals surface area contributed by atoms with Crippen molar-refractivity contribution in [3.05, 3.63) is 51.2 Å². The standard InChI is InChI=1S/C18H23NOS/c1-3-16(19)17(18-12(2)9-10-21-18)20-15-8-7-13-5-4-6-14(13)11-15/h7-11,16-17H,3-6,19H2,1-2H3. The van der Waals surface area contributed by atoms with Crippen molar-refractivity contribution in [2.45, 2.75) is 51.7 Å². The third-order valence-corrected chi connectivity index (χ3v) is 5.43. The van der Waals surface area contributed by atoms with Gasteiger partial charge in [-0.05, 0) is 72.9 Å². The van der Waals surface area contributed by atoms with Crippen LogP contribution in [0.3, 0.4) is 0 Å². The maximum Gasteiger partial charge on any atom is 0.148 e. The molecule has 1 aromatic heterocycles. The van der Waals surface area contributed by atoms with Crippen LogP contribution < -0.4 is 10.5 Å². The fraction of sp³-hybridized carbons (Fsp3) is 0.444. The first-order valence-electron chi connectivity index (χ1n) is 7.77. The number of hydrogen-bond donors (Lipinski definition) is 1. The summed E-state index contributed by atoms with van der Waals surface area (Å²) >= 11 is 1.74. The van der Waals surface area contributed by atoms with Gasteiger partial charge in [0.2, 0.25) is 0 Å². The molecule has 2 atom stereocenters. The van der Waals surface area contributed by atoms with Gasteiger partial charge in [0.05, 0.1) is 0 Å². The van der Waals surface area contributed by atoms with E-state index >= 15 is 0 Å². The Morgan fingerprint density at radius 3 is 2.76 bits per heavy atom. The number of hydrogen-bond acceptors (Lipinski definition) is 3. The first-order valence-corrected chi connectivity index (χ1v) is 8.65. The summed E-state index contributed by atoms with van der Waals surface area (Å²) in [5, 5.41) is 2.12. The van der Waals surface area contributed by atoms with Crippen LogP contribution in [0.4, 0.5) is 0 Å². The molecule has 1 aliphatic rings. The number of fused-ring (bicyclic) bond motifs is 1. The van der Waals surface area contributed by atoms with E-state index in [1.807, 2.05) is 0 Å². The number of thiophene rings is 1. The SMILES string of the molecule is CCC(N)C(Oc1ccc2c(c1)CCC2)c1sccc1C. The van der Waals surface area contributed by atoms with Gasteiger partial charge in [0, 0.05) is 10.9 Å². The molecule has 112 valence electrons. The fourth-order valence-electron chi connectivity index (χ4n) is 2.99. The second-order valence-corrected chi connectivity index (χ2v) is 6.81. The molecule has 21 heavy (non-hydrogen) atoms. The summed E-state index contributed by atoms with van der Waals surface area (Å²) in [5.41, 5.74) is 10.5.